The summed E-state index contributed by atoms with van der Waals surface area (Å²) in [5, 5.41) is 4.17. The van der Waals surface area contributed by atoms with Crippen molar-refractivity contribution in [3.8, 4) is 0 Å². The molecular formula is C16H19N3O2S2. The fraction of sp³-hybridized carbons (Fsp3) is 0.562. The van der Waals surface area contributed by atoms with E-state index in [4.69, 9.17) is 0 Å². The number of aromatic nitrogens is 2. The fourth-order valence-corrected chi connectivity index (χ4v) is 5.15. The predicted molar refractivity (Wildman–Crippen MR) is 93.4 cm³/mol. The number of nitrogens with zero attached hydrogens (tertiary/aromatic N) is 2. The van der Waals surface area contributed by atoms with Crippen LogP contribution >= 0.6 is 23.1 Å². The average Bonchev–Trinajstić information content (AvgIpc) is 3.09. The van der Waals surface area contributed by atoms with Crippen molar-refractivity contribution in [2.75, 3.05) is 0 Å². The number of fused-ring (bicyclic) bond motifs is 3. The Morgan fingerprint density at radius 3 is 2.96 bits per heavy atom. The van der Waals surface area contributed by atoms with Crippen LogP contribution in [0.25, 0.3) is 10.2 Å². The van der Waals surface area contributed by atoms with Crippen LogP contribution in [0, 0.1) is 0 Å². The molecular weight excluding hydrogens is 330 g/mol. The van der Waals surface area contributed by atoms with Crippen molar-refractivity contribution in [3.63, 3.8) is 0 Å². The first kappa shape index (κ1) is 15.2. The molecule has 2 aromatic rings. The molecule has 2 aromatic heterocycles. The Labute approximate surface area is 142 Å². The van der Waals surface area contributed by atoms with Crippen molar-refractivity contribution in [3.05, 3.63) is 20.8 Å². The largest absolute Gasteiger partial charge is 0.352 e. The maximum Gasteiger partial charge on any atom is 0.262 e. The molecule has 1 N–H and O–H groups in total. The second-order valence-electron chi connectivity index (χ2n) is 6.34. The minimum atomic E-state index is -0.252. The average molecular weight is 349 g/mol. The van der Waals surface area contributed by atoms with Crippen LogP contribution < -0.4 is 10.9 Å². The third-order valence-electron chi connectivity index (χ3n) is 4.48. The van der Waals surface area contributed by atoms with E-state index in [-0.39, 0.29) is 16.7 Å². The van der Waals surface area contributed by atoms with Crippen LogP contribution in [0.5, 0.6) is 0 Å². The molecule has 1 atom stereocenters. The summed E-state index contributed by atoms with van der Waals surface area (Å²) < 4.78 is 1.60. The highest BCUT2D eigenvalue weighted by Gasteiger charge is 2.27. The first-order chi connectivity index (χ1) is 11.0. The van der Waals surface area contributed by atoms with Crippen LogP contribution in [0.4, 0.5) is 0 Å². The van der Waals surface area contributed by atoms with Gasteiger partial charge in [0.25, 0.3) is 5.56 Å². The third-order valence-corrected chi connectivity index (χ3v) is 6.81. The van der Waals surface area contributed by atoms with Gasteiger partial charge in [0, 0.05) is 18.0 Å². The van der Waals surface area contributed by atoms with Crippen molar-refractivity contribution in [1.29, 1.82) is 0 Å². The summed E-state index contributed by atoms with van der Waals surface area (Å²) in [4.78, 5) is 31.7. The second kappa shape index (κ2) is 5.63. The first-order valence-corrected chi connectivity index (χ1v) is 9.72. The zero-order chi connectivity index (χ0) is 16.1. The van der Waals surface area contributed by atoms with E-state index in [0.717, 1.165) is 42.3 Å². The molecule has 4 rings (SSSR count). The molecule has 23 heavy (non-hydrogen) atoms. The molecule has 1 unspecified atom stereocenters. The molecule has 2 aliphatic rings. The molecule has 1 fully saturated rings. The first-order valence-electron chi connectivity index (χ1n) is 8.03. The van der Waals surface area contributed by atoms with Crippen LogP contribution in [0.15, 0.2) is 9.95 Å². The lowest BCUT2D eigenvalue weighted by atomic mass is 10.2. The predicted octanol–water partition coefficient (Wildman–Crippen LogP) is 2.24. The number of nitrogens with one attached hydrogen (secondary N) is 1. The van der Waals surface area contributed by atoms with E-state index in [1.54, 1.807) is 23.0 Å². The lowest BCUT2D eigenvalue weighted by Crippen LogP contribution is -2.33. The Balaban J connectivity index is 1.66. The van der Waals surface area contributed by atoms with Gasteiger partial charge in [0.1, 0.15) is 4.83 Å². The summed E-state index contributed by atoms with van der Waals surface area (Å²) in [6.07, 6.45) is 5.33. The number of thioether (sulfide) groups is 1. The number of aryl methyl sites for hydroxylation is 2. The standard InChI is InChI=1S/C16H19N3O2S2/c1-8(13(20)17-9-6-7-9)22-16-18-14-12(15(21)19(16)2)10-4-3-5-11(10)23-14/h8-9H,3-7H2,1-2H3,(H,17,20). The Morgan fingerprint density at radius 1 is 1.43 bits per heavy atom. The van der Waals surface area contributed by atoms with E-state index in [9.17, 15) is 9.59 Å². The topological polar surface area (TPSA) is 64.0 Å². The molecule has 7 heteroatoms. The quantitative estimate of drug-likeness (QED) is 0.679. The van der Waals surface area contributed by atoms with Gasteiger partial charge < -0.3 is 5.32 Å². The molecule has 0 saturated heterocycles. The summed E-state index contributed by atoms with van der Waals surface area (Å²) in [6, 6.07) is 0.352. The van der Waals surface area contributed by atoms with Crippen molar-refractivity contribution in [2.45, 2.75) is 55.5 Å². The molecule has 122 valence electrons. The number of hydrogen-bond donors (Lipinski definition) is 1. The zero-order valence-electron chi connectivity index (χ0n) is 13.2. The van der Waals surface area contributed by atoms with Gasteiger partial charge in [0.2, 0.25) is 5.91 Å². The number of hydrogen-bond acceptors (Lipinski definition) is 5. The van der Waals surface area contributed by atoms with Gasteiger partial charge in [-0.1, -0.05) is 11.8 Å². The van der Waals surface area contributed by atoms with Gasteiger partial charge in [-0.25, -0.2) is 4.98 Å². The minimum Gasteiger partial charge on any atom is -0.352 e. The Morgan fingerprint density at radius 2 is 2.22 bits per heavy atom. The number of carbonyl (C=O) groups is 1. The van der Waals surface area contributed by atoms with Gasteiger partial charge in [0.05, 0.1) is 10.6 Å². The van der Waals surface area contributed by atoms with E-state index in [1.807, 2.05) is 6.92 Å². The van der Waals surface area contributed by atoms with Crippen molar-refractivity contribution in [1.82, 2.24) is 14.9 Å². The van der Waals surface area contributed by atoms with Crippen molar-refractivity contribution in [2.24, 2.45) is 7.05 Å². The number of thiophene rings is 1. The molecule has 0 bridgehead atoms. The van der Waals surface area contributed by atoms with Crippen molar-refractivity contribution < 1.29 is 4.79 Å². The van der Waals surface area contributed by atoms with Gasteiger partial charge in [-0.05, 0) is 44.6 Å². The number of rotatable bonds is 4. The van der Waals surface area contributed by atoms with Gasteiger partial charge in [-0.15, -0.1) is 11.3 Å². The van der Waals surface area contributed by atoms with Crippen LogP contribution in [0.1, 0.15) is 36.6 Å². The SMILES string of the molecule is CC(Sc1nc2sc3c(c2c(=O)n1C)CCC3)C(=O)NC1CC1. The van der Waals surface area contributed by atoms with E-state index < -0.39 is 0 Å². The monoisotopic (exact) mass is 349 g/mol. The van der Waals surface area contributed by atoms with E-state index in [0.29, 0.717) is 11.2 Å². The maximum absolute atomic E-state index is 12.7. The Hall–Kier alpha value is -1.34. The highest BCUT2D eigenvalue weighted by molar-refractivity contribution is 8.00. The molecule has 1 saturated carbocycles. The Bertz CT molecular complexity index is 851. The smallest absolute Gasteiger partial charge is 0.262 e. The fourth-order valence-electron chi connectivity index (χ4n) is 2.97. The molecule has 0 radical (unpaired) electrons. The Kier molecular flexibility index (Phi) is 3.72. The lowest BCUT2D eigenvalue weighted by molar-refractivity contribution is -0.120. The van der Waals surface area contributed by atoms with Crippen LogP contribution in [0.2, 0.25) is 0 Å². The van der Waals surface area contributed by atoms with E-state index in [1.165, 1.54) is 22.2 Å². The lowest BCUT2D eigenvalue weighted by Gasteiger charge is -2.13. The van der Waals surface area contributed by atoms with Crippen molar-refractivity contribution >= 4 is 39.2 Å². The summed E-state index contributed by atoms with van der Waals surface area (Å²) in [5.41, 5.74) is 1.22. The van der Waals surface area contributed by atoms with Gasteiger partial charge in [-0.3, -0.25) is 14.2 Å². The normalized spacial score (nSPS) is 18.2. The van der Waals surface area contributed by atoms with Crippen LogP contribution in [0.3, 0.4) is 0 Å². The van der Waals surface area contributed by atoms with Gasteiger partial charge in [-0.2, -0.15) is 0 Å². The molecule has 2 heterocycles. The van der Waals surface area contributed by atoms with Crippen LogP contribution in [-0.4, -0.2) is 26.8 Å². The molecule has 0 aliphatic heterocycles. The molecule has 1 amide bonds. The highest BCUT2D eigenvalue weighted by Crippen LogP contribution is 2.35. The summed E-state index contributed by atoms with van der Waals surface area (Å²) in [5.74, 6) is 0.0283. The van der Waals surface area contributed by atoms with E-state index >= 15 is 0 Å². The van der Waals surface area contributed by atoms with Crippen LogP contribution in [-0.2, 0) is 24.7 Å². The maximum atomic E-state index is 12.7. The number of amides is 1. The van der Waals surface area contributed by atoms with Gasteiger partial charge >= 0.3 is 0 Å². The highest BCUT2D eigenvalue weighted by atomic mass is 32.2. The summed E-state index contributed by atoms with van der Waals surface area (Å²) >= 11 is 3.01. The molecule has 0 spiro atoms. The summed E-state index contributed by atoms with van der Waals surface area (Å²) in [7, 11) is 1.75. The zero-order valence-corrected chi connectivity index (χ0v) is 14.9. The number of carbonyl (C=O) groups excluding carboxylic acids is 1. The minimum absolute atomic E-state index is 0.0201. The third kappa shape index (κ3) is 2.70. The molecule has 2 aliphatic carbocycles. The second-order valence-corrected chi connectivity index (χ2v) is 8.73. The molecule has 5 nitrogen and oxygen atoms in total. The summed E-state index contributed by atoms with van der Waals surface area (Å²) in [6.45, 7) is 1.87. The van der Waals surface area contributed by atoms with E-state index in [2.05, 4.69) is 10.3 Å². The molecule has 0 aromatic carbocycles. The van der Waals surface area contributed by atoms with Gasteiger partial charge in [0.15, 0.2) is 5.16 Å².